The summed E-state index contributed by atoms with van der Waals surface area (Å²) in [4.78, 5) is 8.01. The molecule has 0 bridgehead atoms. The summed E-state index contributed by atoms with van der Waals surface area (Å²) in [6.45, 7) is 3.39. The van der Waals surface area contributed by atoms with Gasteiger partial charge in [-0.25, -0.2) is 12.7 Å². The maximum Gasteiger partial charge on any atom is 0.222 e. The Bertz CT molecular complexity index is 498. The summed E-state index contributed by atoms with van der Waals surface area (Å²) in [7, 11) is -3.36. The fourth-order valence-corrected chi connectivity index (χ4v) is 3.89. The van der Waals surface area contributed by atoms with Gasteiger partial charge in [-0.15, -0.1) is 0 Å². The van der Waals surface area contributed by atoms with Gasteiger partial charge >= 0.3 is 0 Å². The van der Waals surface area contributed by atoms with Crippen LogP contribution in [0.15, 0.2) is 18.6 Å². The molecule has 1 fully saturated rings. The van der Waals surface area contributed by atoms with Gasteiger partial charge in [0.05, 0.1) is 5.69 Å². The van der Waals surface area contributed by atoms with E-state index in [0.29, 0.717) is 31.2 Å². The molecule has 0 aliphatic carbocycles. The van der Waals surface area contributed by atoms with Gasteiger partial charge in [-0.2, -0.15) is 0 Å². The molecule has 0 saturated carbocycles. The lowest BCUT2D eigenvalue weighted by atomic mass is 9.99. The Morgan fingerprint density at radius 3 is 2.63 bits per heavy atom. The molecular weight excluding hydrogens is 264 g/mol. The molecule has 7 heteroatoms. The van der Waals surface area contributed by atoms with Crippen LogP contribution in [0.5, 0.6) is 0 Å². The normalized spacial score (nSPS) is 20.3. The van der Waals surface area contributed by atoms with Crippen molar-refractivity contribution in [2.75, 3.05) is 19.6 Å². The molecular formula is C12H20N4O2S. The number of nitrogens with two attached hydrogens (primary N) is 1. The molecule has 0 unspecified atom stereocenters. The summed E-state index contributed by atoms with van der Waals surface area (Å²) in [5, 5.41) is -0.657. The first-order valence-corrected chi connectivity index (χ1v) is 8.01. The van der Waals surface area contributed by atoms with Crippen molar-refractivity contribution in [1.29, 1.82) is 0 Å². The molecule has 0 radical (unpaired) electrons. The van der Waals surface area contributed by atoms with E-state index in [1.165, 1.54) is 18.6 Å². The van der Waals surface area contributed by atoms with Crippen molar-refractivity contribution in [3.63, 3.8) is 0 Å². The third-order valence-corrected chi connectivity index (χ3v) is 5.93. The van der Waals surface area contributed by atoms with Gasteiger partial charge in [0.15, 0.2) is 0 Å². The minimum Gasteiger partial charge on any atom is -0.330 e. The second-order valence-corrected chi connectivity index (χ2v) is 7.15. The standard InChI is InChI=1S/C12H20N4O2S/c1-10(12-9-14-4-5-15-12)19(17,18)16-6-2-11(8-13)3-7-16/h4-5,9-11H,2-3,6-8,13H2,1H3/t10-/m0/s1. The van der Waals surface area contributed by atoms with E-state index >= 15 is 0 Å². The number of sulfonamides is 1. The maximum absolute atomic E-state index is 12.5. The minimum absolute atomic E-state index is 0.443. The molecule has 2 rings (SSSR count). The van der Waals surface area contributed by atoms with Crippen molar-refractivity contribution in [2.45, 2.75) is 25.0 Å². The fraction of sp³-hybridized carbons (Fsp3) is 0.667. The first-order chi connectivity index (χ1) is 9.05. The Balaban J connectivity index is 2.11. The third kappa shape index (κ3) is 3.10. The van der Waals surface area contributed by atoms with Crippen LogP contribution in [0, 0.1) is 5.92 Å². The molecule has 106 valence electrons. The second-order valence-electron chi connectivity index (χ2n) is 4.90. The van der Waals surface area contributed by atoms with Gasteiger partial charge in [0.25, 0.3) is 0 Å². The number of hydrogen-bond acceptors (Lipinski definition) is 5. The van der Waals surface area contributed by atoms with E-state index in [0.717, 1.165) is 12.8 Å². The van der Waals surface area contributed by atoms with E-state index in [1.54, 1.807) is 11.2 Å². The quantitative estimate of drug-likeness (QED) is 0.871. The molecule has 0 amide bonds. The SMILES string of the molecule is C[C@@H](c1cnccn1)S(=O)(=O)N1CCC(CN)CC1. The predicted molar refractivity (Wildman–Crippen MR) is 72.7 cm³/mol. The van der Waals surface area contributed by atoms with Crippen molar-refractivity contribution in [2.24, 2.45) is 11.7 Å². The Kier molecular flexibility index (Phi) is 4.49. The average Bonchev–Trinajstić information content (AvgIpc) is 2.47. The number of aromatic nitrogens is 2. The zero-order valence-electron chi connectivity index (χ0n) is 11.1. The van der Waals surface area contributed by atoms with Crippen LogP contribution in [0.4, 0.5) is 0 Å². The summed E-state index contributed by atoms with van der Waals surface area (Å²) >= 11 is 0. The average molecular weight is 284 g/mol. The van der Waals surface area contributed by atoms with Crippen LogP contribution in [0.1, 0.15) is 30.7 Å². The van der Waals surface area contributed by atoms with Crippen molar-refractivity contribution < 1.29 is 8.42 Å². The maximum atomic E-state index is 12.5. The Labute approximate surface area is 114 Å². The van der Waals surface area contributed by atoms with Crippen molar-refractivity contribution in [3.8, 4) is 0 Å². The lowest BCUT2D eigenvalue weighted by molar-refractivity contribution is 0.276. The summed E-state index contributed by atoms with van der Waals surface area (Å²) in [6, 6.07) is 0. The zero-order chi connectivity index (χ0) is 13.9. The van der Waals surface area contributed by atoms with Gasteiger partial charge in [0, 0.05) is 31.7 Å². The second kappa shape index (κ2) is 5.94. The molecule has 1 aliphatic heterocycles. The minimum atomic E-state index is -3.36. The molecule has 6 nitrogen and oxygen atoms in total. The molecule has 1 saturated heterocycles. The van der Waals surface area contributed by atoms with Crippen LogP contribution in [-0.4, -0.2) is 42.3 Å². The molecule has 0 aromatic carbocycles. The van der Waals surface area contributed by atoms with Crippen molar-refractivity contribution >= 4 is 10.0 Å². The van der Waals surface area contributed by atoms with E-state index in [4.69, 9.17) is 5.73 Å². The smallest absolute Gasteiger partial charge is 0.222 e. The predicted octanol–water partition coefficient (Wildman–Crippen LogP) is 0.538. The van der Waals surface area contributed by atoms with Crippen molar-refractivity contribution in [1.82, 2.24) is 14.3 Å². The first-order valence-electron chi connectivity index (χ1n) is 6.50. The summed E-state index contributed by atoms with van der Waals surface area (Å²) in [5.74, 6) is 0.443. The summed E-state index contributed by atoms with van der Waals surface area (Å²) < 4.78 is 26.6. The largest absolute Gasteiger partial charge is 0.330 e. The van der Waals surface area contributed by atoms with Gasteiger partial charge in [0.1, 0.15) is 5.25 Å². The fourth-order valence-electron chi connectivity index (χ4n) is 2.30. The van der Waals surface area contributed by atoms with Gasteiger partial charge in [-0.05, 0) is 32.2 Å². The van der Waals surface area contributed by atoms with E-state index in [-0.39, 0.29) is 0 Å². The monoisotopic (exact) mass is 284 g/mol. The number of piperidine rings is 1. The van der Waals surface area contributed by atoms with Crippen LogP contribution in [0.25, 0.3) is 0 Å². The van der Waals surface area contributed by atoms with E-state index < -0.39 is 15.3 Å². The topological polar surface area (TPSA) is 89.2 Å². The van der Waals surface area contributed by atoms with E-state index in [2.05, 4.69) is 9.97 Å². The summed E-state index contributed by atoms with van der Waals surface area (Å²) in [5.41, 5.74) is 6.11. The third-order valence-electron chi connectivity index (χ3n) is 3.71. The Morgan fingerprint density at radius 1 is 1.42 bits per heavy atom. The molecule has 1 aromatic heterocycles. The number of nitrogens with zero attached hydrogens (tertiary/aromatic N) is 3. The lowest BCUT2D eigenvalue weighted by Crippen LogP contribution is -2.41. The number of hydrogen-bond donors (Lipinski definition) is 1. The number of rotatable bonds is 4. The molecule has 1 aromatic rings. The van der Waals surface area contributed by atoms with Crippen LogP contribution >= 0.6 is 0 Å². The highest BCUT2D eigenvalue weighted by atomic mass is 32.2. The van der Waals surface area contributed by atoms with Gasteiger partial charge in [0.2, 0.25) is 10.0 Å². The van der Waals surface area contributed by atoms with E-state index in [9.17, 15) is 8.42 Å². The molecule has 1 aliphatic rings. The Morgan fingerprint density at radius 2 is 2.11 bits per heavy atom. The zero-order valence-corrected chi connectivity index (χ0v) is 11.9. The highest BCUT2D eigenvalue weighted by Gasteiger charge is 2.33. The van der Waals surface area contributed by atoms with Crippen LogP contribution < -0.4 is 5.73 Å². The molecule has 1 atom stereocenters. The van der Waals surface area contributed by atoms with Crippen LogP contribution in [0.2, 0.25) is 0 Å². The summed E-state index contributed by atoms with van der Waals surface area (Å²) in [6.07, 6.45) is 6.23. The van der Waals surface area contributed by atoms with Gasteiger partial charge in [-0.3, -0.25) is 9.97 Å². The first kappa shape index (κ1) is 14.4. The van der Waals surface area contributed by atoms with Crippen molar-refractivity contribution in [3.05, 3.63) is 24.3 Å². The van der Waals surface area contributed by atoms with Crippen LogP contribution in [0.3, 0.4) is 0 Å². The Hall–Kier alpha value is -1.05. The van der Waals surface area contributed by atoms with Gasteiger partial charge < -0.3 is 5.73 Å². The van der Waals surface area contributed by atoms with E-state index in [1.807, 2.05) is 0 Å². The van der Waals surface area contributed by atoms with Gasteiger partial charge in [-0.1, -0.05) is 0 Å². The molecule has 19 heavy (non-hydrogen) atoms. The highest BCUT2D eigenvalue weighted by molar-refractivity contribution is 7.89. The highest BCUT2D eigenvalue weighted by Crippen LogP contribution is 2.27. The molecule has 2 heterocycles. The molecule has 0 spiro atoms. The lowest BCUT2D eigenvalue weighted by Gasteiger charge is -2.32. The molecule has 2 N–H and O–H groups in total. The van der Waals surface area contributed by atoms with Crippen LogP contribution in [-0.2, 0) is 10.0 Å².